The highest BCUT2D eigenvalue weighted by molar-refractivity contribution is 5.91. The number of carbonyl (C=O) groups is 1. The third-order valence-electron chi connectivity index (χ3n) is 5.44. The number of carbonyl (C=O) groups excluding carboxylic acids is 1. The molecule has 0 aliphatic rings. The predicted octanol–water partition coefficient (Wildman–Crippen LogP) is 4.01. The van der Waals surface area contributed by atoms with Crippen molar-refractivity contribution in [2.45, 2.75) is 33.0 Å². The van der Waals surface area contributed by atoms with Crippen LogP contribution in [0.25, 0.3) is 16.7 Å². The van der Waals surface area contributed by atoms with Crippen LogP contribution in [0.1, 0.15) is 35.7 Å². The lowest BCUT2D eigenvalue weighted by Crippen LogP contribution is -2.24. The number of nitrogens with one attached hydrogen (secondary N) is 1. The second kappa shape index (κ2) is 8.90. The molecule has 0 saturated heterocycles. The Kier molecular flexibility index (Phi) is 5.63. The van der Waals surface area contributed by atoms with E-state index >= 15 is 0 Å². The number of pyridine rings is 1. The van der Waals surface area contributed by atoms with E-state index in [9.17, 15) is 9.59 Å². The standard InChI is InChI=1S/C26H24N4O4/c1-17(2)33-19-9-7-18(8-10-19)15-28-25(31)23-12-11-20(34-23)16-30-24-21(5-3-13-27-24)29-14-4-6-22(29)26(30)32/h3-14,17H,15-16H2,1-2H3,(H,28,31). The van der Waals surface area contributed by atoms with Crippen molar-refractivity contribution in [1.82, 2.24) is 19.3 Å². The molecule has 5 aromatic rings. The number of ether oxygens (including phenoxy) is 1. The van der Waals surface area contributed by atoms with Crippen LogP contribution < -0.4 is 15.6 Å². The number of benzene rings is 1. The minimum Gasteiger partial charge on any atom is -0.491 e. The van der Waals surface area contributed by atoms with Crippen molar-refractivity contribution < 1.29 is 13.9 Å². The van der Waals surface area contributed by atoms with Gasteiger partial charge in [-0.2, -0.15) is 0 Å². The maximum Gasteiger partial charge on any atom is 0.287 e. The Hall–Kier alpha value is -4.33. The lowest BCUT2D eigenvalue weighted by molar-refractivity contribution is 0.0921. The molecule has 0 spiro atoms. The van der Waals surface area contributed by atoms with Crippen molar-refractivity contribution in [2.24, 2.45) is 0 Å². The SMILES string of the molecule is CC(C)Oc1ccc(CNC(=O)c2ccc(Cn3c(=O)c4cccn4c4cccnc43)o2)cc1. The predicted molar refractivity (Wildman–Crippen MR) is 128 cm³/mol. The molecule has 1 N–H and O–H groups in total. The molecule has 1 aromatic carbocycles. The summed E-state index contributed by atoms with van der Waals surface area (Å²) in [4.78, 5) is 30.1. The summed E-state index contributed by atoms with van der Waals surface area (Å²) in [6, 6.07) is 18.2. The van der Waals surface area contributed by atoms with Crippen LogP contribution in [-0.2, 0) is 13.1 Å². The zero-order chi connectivity index (χ0) is 23.7. The van der Waals surface area contributed by atoms with Gasteiger partial charge in [-0.25, -0.2) is 4.98 Å². The van der Waals surface area contributed by atoms with E-state index in [1.165, 1.54) is 0 Å². The molecule has 8 heteroatoms. The number of amides is 1. The van der Waals surface area contributed by atoms with Gasteiger partial charge in [0.25, 0.3) is 11.5 Å². The summed E-state index contributed by atoms with van der Waals surface area (Å²) < 4.78 is 14.8. The smallest absolute Gasteiger partial charge is 0.287 e. The number of aromatic nitrogens is 3. The minimum atomic E-state index is -0.328. The maximum absolute atomic E-state index is 13.1. The van der Waals surface area contributed by atoms with Crippen molar-refractivity contribution in [3.63, 3.8) is 0 Å². The van der Waals surface area contributed by atoms with E-state index in [0.717, 1.165) is 16.8 Å². The first-order valence-electron chi connectivity index (χ1n) is 11.1. The molecule has 4 heterocycles. The molecule has 1 amide bonds. The Morgan fingerprint density at radius 1 is 1.06 bits per heavy atom. The zero-order valence-corrected chi connectivity index (χ0v) is 18.9. The van der Waals surface area contributed by atoms with Crippen molar-refractivity contribution >= 4 is 22.6 Å². The maximum atomic E-state index is 13.1. The van der Waals surface area contributed by atoms with Gasteiger partial charge in [0, 0.05) is 18.9 Å². The van der Waals surface area contributed by atoms with E-state index in [2.05, 4.69) is 10.3 Å². The first kappa shape index (κ1) is 21.5. The van der Waals surface area contributed by atoms with Gasteiger partial charge in [0.2, 0.25) is 0 Å². The largest absolute Gasteiger partial charge is 0.491 e. The van der Waals surface area contributed by atoms with Crippen molar-refractivity contribution in [1.29, 1.82) is 0 Å². The van der Waals surface area contributed by atoms with Gasteiger partial charge < -0.3 is 18.9 Å². The number of rotatable bonds is 7. The number of fused-ring (bicyclic) bond motifs is 3. The van der Waals surface area contributed by atoms with Gasteiger partial charge in [0.05, 0.1) is 18.2 Å². The second-order valence-corrected chi connectivity index (χ2v) is 8.26. The van der Waals surface area contributed by atoms with Gasteiger partial charge in [-0.1, -0.05) is 12.1 Å². The van der Waals surface area contributed by atoms with E-state index in [0.29, 0.717) is 23.5 Å². The molecule has 34 heavy (non-hydrogen) atoms. The fourth-order valence-corrected chi connectivity index (χ4v) is 3.90. The molecule has 0 aliphatic carbocycles. The first-order chi connectivity index (χ1) is 16.5. The summed E-state index contributed by atoms with van der Waals surface area (Å²) in [7, 11) is 0. The van der Waals surface area contributed by atoms with Gasteiger partial charge in [0.1, 0.15) is 17.0 Å². The summed E-state index contributed by atoms with van der Waals surface area (Å²) in [5.41, 5.74) is 2.68. The third kappa shape index (κ3) is 4.17. The second-order valence-electron chi connectivity index (χ2n) is 8.26. The molecule has 0 saturated carbocycles. The summed E-state index contributed by atoms with van der Waals surface area (Å²) >= 11 is 0. The zero-order valence-electron chi connectivity index (χ0n) is 18.9. The Bertz CT molecular complexity index is 1530. The molecular formula is C26H24N4O4. The third-order valence-corrected chi connectivity index (χ3v) is 5.44. The summed E-state index contributed by atoms with van der Waals surface area (Å²) in [6.45, 7) is 4.47. The van der Waals surface area contributed by atoms with Crippen molar-refractivity contribution in [3.8, 4) is 5.75 Å². The lowest BCUT2D eigenvalue weighted by atomic mass is 10.2. The molecule has 0 unspecified atom stereocenters. The highest BCUT2D eigenvalue weighted by atomic mass is 16.5. The van der Waals surface area contributed by atoms with E-state index < -0.39 is 0 Å². The van der Waals surface area contributed by atoms with E-state index in [4.69, 9.17) is 9.15 Å². The number of nitrogens with zero attached hydrogens (tertiary/aromatic N) is 3. The van der Waals surface area contributed by atoms with Crippen LogP contribution in [0.15, 0.2) is 82.3 Å². The molecule has 8 nitrogen and oxygen atoms in total. The first-order valence-corrected chi connectivity index (χ1v) is 11.1. The highest BCUT2D eigenvalue weighted by Crippen LogP contribution is 2.17. The Morgan fingerprint density at radius 2 is 1.85 bits per heavy atom. The number of hydrogen-bond acceptors (Lipinski definition) is 5. The van der Waals surface area contributed by atoms with Crippen LogP contribution in [0.5, 0.6) is 5.75 Å². The lowest BCUT2D eigenvalue weighted by Gasteiger charge is -2.10. The van der Waals surface area contributed by atoms with Gasteiger partial charge in [0.15, 0.2) is 11.4 Å². The van der Waals surface area contributed by atoms with Crippen LogP contribution >= 0.6 is 0 Å². The van der Waals surface area contributed by atoms with Crippen LogP contribution in [0.4, 0.5) is 0 Å². The fraction of sp³-hybridized carbons (Fsp3) is 0.192. The summed E-state index contributed by atoms with van der Waals surface area (Å²) in [5.74, 6) is 1.14. The van der Waals surface area contributed by atoms with Gasteiger partial charge >= 0.3 is 0 Å². The summed E-state index contributed by atoms with van der Waals surface area (Å²) in [6.07, 6.45) is 3.59. The Balaban J connectivity index is 1.31. The minimum absolute atomic E-state index is 0.105. The molecular weight excluding hydrogens is 432 g/mol. The van der Waals surface area contributed by atoms with Crippen LogP contribution in [0, 0.1) is 0 Å². The van der Waals surface area contributed by atoms with Gasteiger partial charge in [-0.3, -0.25) is 14.2 Å². The molecule has 0 bridgehead atoms. The number of hydrogen-bond donors (Lipinski definition) is 1. The monoisotopic (exact) mass is 456 g/mol. The van der Waals surface area contributed by atoms with Gasteiger partial charge in [-0.05, 0) is 67.9 Å². The Labute approximate surface area is 195 Å². The van der Waals surface area contributed by atoms with Crippen molar-refractivity contribution in [2.75, 3.05) is 0 Å². The average molecular weight is 457 g/mol. The number of furan rings is 1. The normalized spacial score (nSPS) is 11.4. The van der Waals surface area contributed by atoms with E-state index in [1.54, 1.807) is 29.0 Å². The topological polar surface area (TPSA) is 90.8 Å². The molecule has 0 fully saturated rings. The molecule has 0 atom stereocenters. The van der Waals surface area contributed by atoms with Crippen molar-refractivity contribution in [3.05, 3.63) is 100 Å². The van der Waals surface area contributed by atoms with E-state index in [-0.39, 0.29) is 29.9 Å². The Morgan fingerprint density at radius 3 is 2.65 bits per heavy atom. The molecule has 0 aliphatic heterocycles. The summed E-state index contributed by atoms with van der Waals surface area (Å²) in [5, 5.41) is 2.86. The fourth-order valence-electron chi connectivity index (χ4n) is 3.90. The van der Waals surface area contributed by atoms with E-state index in [1.807, 2.05) is 66.9 Å². The average Bonchev–Trinajstić information content (AvgIpc) is 3.51. The van der Waals surface area contributed by atoms with Crippen LogP contribution in [0.2, 0.25) is 0 Å². The highest BCUT2D eigenvalue weighted by Gasteiger charge is 2.15. The molecule has 172 valence electrons. The van der Waals surface area contributed by atoms with Crippen LogP contribution in [0.3, 0.4) is 0 Å². The quantitative estimate of drug-likeness (QED) is 0.400. The van der Waals surface area contributed by atoms with Gasteiger partial charge in [-0.15, -0.1) is 0 Å². The van der Waals surface area contributed by atoms with Crippen LogP contribution in [-0.4, -0.2) is 26.0 Å². The molecule has 5 rings (SSSR count). The molecule has 0 radical (unpaired) electrons. The molecule has 4 aromatic heterocycles.